The summed E-state index contributed by atoms with van der Waals surface area (Å²) in [7, 11) is 3.27. The fraction of sp³-hybridized carbons (Fsp3) is 0.500. The zero-order valence-electron chi connectivity index (χ0n) is 8.56. The first-order chi connectivity index (χ1) is 6.79. The van der Waals surface area contributed by atoms with E-state index >= 15 is 0 Å². The van der Waals surface area contributed by atoms with Crippen molar-refractivity contribution in [3.8, 4) is 5.75 Å². The third kappa shape index (κ3) is 2.68. The summed E-state index contributed by atoms with van der Waals surface area (Å²) in [4.78, 5) is 4.20. The predicted molar refractivity (Wildman–Crippen MR) is 54.2 cm³/mol. The van der Waals surface area contributed by atoms with E-state index in [4.69, 9.17) is 15.2 Å². The first-order valence-corrected chi connectivity index (χ1v) is 4.53. The van der Waals surface area contributed by atoms with Crippen molar-refractivity contribution in [2.24, 2.45) is 5.73 Å². The number of ether oxygens (including phenoxy) is 2. The largest absolute Gasteiger partial charge is 0.495 e. The van der Waals surface area contributed by atoms with Crippen LogP contribution < -0.4 is 10.5 Å². The summed E-state index contributed by atoms with van der Waals surface area (Å²) in [6.07, 6.45) is 2.45. The molecule has 0 aliphatic rings. The van der Waals surface area contributed by atoms with Gasteiger partial charge in [-0.3, -0.25) is 4.98 Å². The van der Waals surface area contributed by atoms with Crippen molar-refractivity contribution in [2.75, 3.05) is 20.8 Å². The van der Waals surface area contributed by atoms with E-state index in [-0.39, 0.29) is 6.04 Å². The van der Waals surface area contributed by atoms with Gasteiger partial charge in [0.1, 0.15) is 5.75 Å². The maximum Gasteiger partial charge on any atom is 0.141 e. The Kier molecular flexibility index (Phi) is 4.35. The van der Waals surface area contributed by atoms with Crippen LogP contribution in [0.1, 0.15) is 18.2 Å². The zero-order valence-corrected chi connectivity index (χ0v) is 8.56. The highest BCUT2D eigenvalue weighted by atomic mass is 16.5. The van der Waals surface area contributed by atoms with E-state index in [0.717, 1.165) is 17.9 Å². The Morgan fingerprint density at radius 2 is 2.29 bits per heavy atom. The minimum absolute atomic E-state index is 0.133. The van der Waals surface area contributed by atoms with Crippen LogP contribution in [0.4, 0.5) is 0 Å². The maximum absolute atomic E-state index is 5.93. The van der Waals surface area contributed by atoms with Gasteiger partial charge in [-0.2, -0.15) is 0 Å². The molecule has 0 bridgehead atoms. The van der Waals surface area contributed by atoms with Crippen LogP contribution in [0.2, 0.25) is 0 Å². The van der Waals surface area contributed by atoms with Gasteiger partial charge in [-0.15, -0.1) is 0 Å². The molecule has 0 radical (unpaired) electrons. The molecule has 0 aliphatic heterocycles. The average molecular weight is 196 g/mol. The molecule has 0 aromatic carbocycles. The monoisotopic (exact) mass is 196 g/mol. The van der Waals surface area contributed by atoms with E-state index in [1.54, 1.807) is 20.4 Å². The third-order valence-electron chi connectivity index (χ3n) is 2.00. The fourth-order valence-electron chi connectivity index (χ4n) is 1.24. The highest BCUT2D eigenvalue weighted by Crippen LogP contribution is 2.22. The summed E-state index contributed by atoms with van der Waals surface area (Å²) in [6.45, 7) is 0.626. The van der Waals surface area contributed by atoms with Gasteiger partial charge >= 0.3 is 0 Å². The van der Waals surface area contributed by atoms with Gasteiger partial charge in [0, 0.05) is 19.9 Å². The second kappa shape index (κ2) is 5.57. The molecule has 4 nitrogen and oxygen atoms in total. The van der Waals surface area contributed by atoms with Crippen LogP contribution in [-0.4, -0.2) is 25.8 Å². The SMILES string of the molecule is COCCC(N)c1ncccc1OC. The van der Waals surface area contributed by atoms with Gasteiger partial charge in [-0.05, 0) is 18.6 Å². The highest BCUT2D eigenvalue weighted by Gasteiger charge is 2.12. The van der Waals surface area contributed by atoms with Crippen LogP contribution in [-0.2, 0) is 4.74 Å². The molecule has 0 fully saturated rings. The van der Waals surface area contributed by atoms with E-state index in [9.17, 15) is 0 Å². The molecule has 1 aromatic rings. The molecule has 2 N–H and O–H groups in total. The number of rotatable bonds is 5. The molecule has 1 atom stereocenters. The van der Waals surface area contributed by atoms with Gasteiger partial charge in [0.05, 0.1) is 18.8 Å². The van der Waals surface area contributed by atoms with Crippen molar-refractivity contribution in [3.63, 3.8) is 0 Å². The first-order valence-electron chi connectivity index (χ1n) is 4.53. The lowest BCUT2D eigenvalue weighted by atomic mass is 10.1. The van der Waals surface area contributed by atoms with E-state index in [1.807, 2.05) is 12.1 Å². The molecular weight excluding hydrogens is 180 g/mol. The van der Waals surface area contributed by atoms with Gasteiger partial charge in [-0.25, -0.2) is 0 Å². The Morgan fingerprint density at radius 3 is 2.93 bits per heavy atom. The van der Waals surface area contributed by atoms with Crippen molar-refractivity contribution in [1.29, 1.82) is 0 Å². The smallest absolute Gasteiger partial charge is 0.141 e. The summed E-state index contributed by atoms with van der Waals surface area (Å²) in [5, 5.41) is 0. The minimum atomic E-state index is -0.133. The van der Waals surface area contributed by atoms with Crippen LogP contribution in [0.5, 0.6) is 5.75 Å². The number of aromatic nitrogens is 1. The van der Waals surface area contributed by atoms with Crippen molar-refractivity contribution in [2.45, 2.75) is 12.5 Å². The van der Waals surface area contributed by atoms with Crippen molar-refractivity contribution in [1.82, 2.24) is 4.98 Å². The summed E-state index contributed by atoms with van der Waals surface area (Å²) in [5.74, 6) is 0.733. The van der Waals surface area contributed by atoms with Gasteiger partial charge in [0.15, 0.2) is 0 Å². The molecular formula is C10H16N2O2. The summed E-state index contributed by atoms with van der Waals surface area (Å²) in [5.41, 5.74) is 6.72. The summed E-state index contributed by atoms with van der Waals surface area (Å²) in [6, 6.07) is 3.55. The van der Waals surface area contributed by atoms with E-state index in [0.29, 0.717) is 6.61 Å². The highest BCUT2D eigenvalue weighted by molar-refractivity contribution is 5.29. The lowest BCUT2D eigenvalue weighted by Crippen LogP contribution is -2.15. The lowest BCUT2D eigenvalue weighted by Gasteiger charge is -2.13. The van der Waals surface area contributed by atoms with Crippen LogP contribution in [0.15, 0.2) is 18.3 Å². The third-order valence-corrected chi connectivity index (χ3v) is 2.00. The molecule has 1 unspecified atom stereocenters. The zero-order chi connectivity index (χ0) is 10.4. The predicted octanol–water partition coefficient (Wildman–Crippen LogP) is 1.13. The molecule has 1 rings (SSSR count). The second-order valence-electron chi connectivity index (χ2n) is 2.98. The van der Waals surface area contributed by atoms with Crippen LogP contribution in [0, 0.1) is 0 Å². The molecule has 0 spiro atoms. The number of methoxy groups -OCH3 is 2. The standard InChI is InChI=1S/C10H16N2O2/c1-13-7-5-8(11)10-9(14-2)4-3-6-12-10/h3-4,6,8H,5,7,11H2,1-2H3. The molecule has 1 heterocycles. The van der Waals surface area contributed by atoms with E-state index in [2.05, 4.69) is 4.98 Å². The summed E-state index contributed by atoms with van der Waals surface area (Å²) >= 11 is 0. The number of nitrogens with two attached hydrogens (primary N) is 1. The van der Waals surface area contributed by atoms with Crippen molar-refractivity contribution >= 4 is 0 Å². The normalized spacial score (nSPS) is 12.5. The van der Waals surface area contributed by atoms with Crippen LogP contribution in [0.25, 0.3) is 0 Å². The molecule has 0 saturated carbocycles. The Balaban J connectivity index is 2.72. The molecule has 1 aromatic heterocycles. The molecule has 78 valence electrons. The maximum atomic E-state index is 5.93. The Labute approximate surface area is 84.0 Å². The molecule has 14 heavy (non-hydrogen) atoms. The van der Waals surface area contributed by atoms with Crippen molar-refractivity contribution < 1.29 is 9.47 Å². The Morgan fingerprint density at radius 1 is 1.50 bits per heavy atom. The number of pyridine rings is 1. The average Bonchev–Trinajstić information content (AvgIpc) is 2.25. The van der Waals surface area contributed by atoms with Gasteiger partial charge in [-0.1, -0.05) is 0 Å². The summed E-state index contributed by atoms with van der Waals surface area (Å²) < 4.78 is 10.1. The van der Waals surface area contributed by atoms with Crippen molar-refractivity contribution in [3.05, 3.63) is 24.0 Å². The Hall–Kier alpha value is -1.13. The number of nitrogens with zero attached hydrogens (tertiary/aromatic N) is 1. The molecule has 0 aliphatic carbocycles. The van der Waals surface area contributed by atoms with Gasteiger partial charge in [0.25, 0.3) is 0 Å². The van der Waals surface area contributed by atoms with E-state index in [1.165, 1.54) is 0 Å². The van der Waals surface area contributed by atoms with Crippen LogP contribution in [0.3, 0.4) is 0 Å². The topological polar surface area (TPSA) is 57.4 Å². The second-order valence-corrected chi connectivity index (χ2v) is 2.98. The molecule has 0 saturated heterocycles. The fourth-order valence-corrected chi connectivity index (χ4v) is 1.24. The first kappa shape index (κ1) is 10.9. The quantitative estimate of drug-likeness (QED) is 0.766. The molecule has 0 amide bonds. The van der Waals surface area contributed by atoms with Gasteiger partial charge < -0.3 is 15.2 Å². The molecule has 4 heteroatoms. The minimum Gasteiger partial charge on any atom is -0.495 e. The lowest BCUT2D eigenvalue weighted by molar-refractivity contribution is 0.187. The Bertz CT molecular complexity index is 279. The number of hydrogen-bond donors (Lipinski definition) is 1. The van der Waals surface area contributed by atoms with E-state index < -0.39 is 0 Å². The number of hydrogen-bond acceptors (Lipinski definition) is 4. The van der Waals surface area contributed by atoms with Gasteiger partial charge in [0.2, 0.25) is 0 Å². The van der Waals surface area contributed by atoms with Crippen LogP contribution >= 0.6 is 0 Å².